The fourth-order valence-corrected chi connectivity index (χ4v) is 1.75. The van der Waals surface area contributed by atoms with Crippen LogP contribution in [0.15, 0.2) is 18.6 Å². The second-order valence-corrected chi connectivity index (χ2v) is 3.36. The molecule has 4 heteroatoms. The zero-order valence-electron chi connectivity index (χ0n) is 7.48. The first-order chi connectivity index (χ1) is 6.38. The van der Waals surface area contributed by atoms with Gasteiger partial charge < -0.3 is 11.1 Å². The van der Waals surface area contributed by atoms with Gasteiger partial charge in [-0.3, -0.25) is 9.97 Å². The van der Waals surface area contributed by atoms with Crippen LogP contribution >= 0.6 is 0 Å². The molecule has 1 aliphatic heterocycles. The minimum absolute atomic E-state index is 0.0328. The molecule has 70 valence electrons. The lowest BCUT2D eigenvalue weighted by atomic mass is 9.93. The zero-order chi connectivity index (χ0) is 9.10. The zero-order valence-corrected chi connectivity index (χ0v) is 7.48. The summed E-state index contributed by atoms with van der Waals surface area (Å²) < 4.78 is 0. The predicted molar refractivity (Wildman–Crippen MR) is 50.0 cm³/mol. The van der Waals surface area contributed by atoms with Gasteiger partial charge in [0.25, 0.3) is 0 Å². The van der Waals surface area contributed by atoms with Crippen molar-refractivity contribution in [1.29, 1.82) is 0 Å². The highest BCUT2D eigenvalue weighted by Crippen LogP contribution is 2.22. The Balaban J connectivity index is 2.15. The molecule has 0 spiro atoms. The summed E-state index contributed by atoms with van der Waals surface area (Å²) >= 11 is 0. The Morgan fingerprint density at radius 3 is 3.08 bits per heavy atom. The quantitative estimate of drug-likeness (QED) is 0.646. The van der Waals surface area contributed by atoms with E-state index in [0.717, 1.165) is 25.1 Å². The van der Waals surface area contributed by atoms with Gasteiger partial charge in [-0.2, -0.15) is 0 Å². The summed E-state index contributed by atoms with van der Waals surface area (Å²) in [6.45, 7) is 1.01. The molecule has 1 aromatic rings. The Labute approximate surface area is 77.6 Å². The first-order valence-electron chi connectivity index (χ1n) is 4.63. The third kappa shape index (κ3) is 1.84. The molecule has 1 aromatic heterocycles. The van der Waals surface area contributed by atoms with Crippen LogP contribution in [0.4, 0.5) is 0 Å². The lowest BCUT2D eigenvalue weighted by Crippen LogP contribution is -2.46. The second kappa shape index (κ2) is 3.81. The molecular weight excluding hydrogens is 164 g/mol. The molecule has 2 unspecified atom stereocenters. The lowest BCUT2D eigenvalue weighted by Gasteiger charge is -2.28. The molecular formula is C9H14N4. The van der Waals surface area contributed by atoms with Gasteiger partial charge in [0.2, 0.25) is 0 Å². The van der Waals surface area contributed by atoms with E-state index < -0.39 is 0 Å². The van der Waals surface area contributed by atoms with E-state index in [1.54, 1.807) is 18.6 Å². The van der Waals surface area contributed by atoms with Gasteiger partial charge in [0.1, 0.15) is 0 Å². The van der Waals surface area contributed by atoms with Gasteiger partial charge >= 0.3 is 0 Å². The highest BCUT2D eigenvalue weighted by atomic mass is 15.0. The number of hydrogen-bond acceptors (Lipinski definition) is 4. The third-order valence-electron chi connectivity index (χ3n) is 2.47. The highest BCUT2D eigenvalue weighted by Gasteiger charge is 2.23. The van der Waals surface area contributed by atoms with Gasteiger partial charge in [-0.15, -0.1) is 0 Å². The van der Waals surface area contributed by atoms with E-state index in [4.69, 9.17) is 5.73 Å². The number of hydrogen-bond donors (Lipinski definition) is 2. The first-order valence-corrected chi connectivity index (χ1v) is 4.63. The average Bonchev–Trinajstić information content (AvgIpc) is 2.20. The third-order valence-corrected chi connectivity index (χ3v) is 2.47. The second-order valence-electron chi connectivity index (χ2n) is 3.36. The van der Waals surface area contributed by atoms with E-state index in [0.29, 0.717) is 5.92 Å². The minimum Gasteiger partial charge on any atom is -0.315 e. The molecule has 4 nitrogen and oxygen atoms in total. The number of nitrogens with two attached hydrogens (primary N) is 1. The van der Waals surface area contributed by atoms with Crippen molar-refractivity contribution in [2.75, 3.05) is 6.54 Å². The van der Waals surface area contributed by atoms with Gasteiger partial charge in [0.05, 0.1) is 11.9 Å². The molecule has 0 bridgehead atoms. The normalized spacial score (nSPS) is 28.7. The maximum absolute atomic E-state index is 5.93. The summed E-state index contributed by atoms with van der Waals surface area (Å²) in [7, 11) is 0. The largest absolute Gasteiger partial charge is 0.315 e. The van der Waals surface area contributed by atoms with Crippen molar-refractivity contribution in [3.8, 4) is 0 Å². The van der Waals surface area contributed by atoms with E-state index in [-0.39, 0.29) is 6.17 Å². The van der Waals surface area contributed by atoms with Crippen LogP contribution in [-0.4, -0.2) is 22.7 Å². The van der Waals surface area contributed by atoms with Crippen molar-refractivity contribution in [1.82, 2.24) is 15.3 Å². The molecule has 13 heavy (non-hydrogen) atoms. The predicted octanol–water partition coefficient (Wildman–Crippen LogP) is 0.228. The maximum atomic E-state index is 5.93. The van der Waals surface area contributed by atoms with E-state index in [1.807, 2.05) is 0 Å². The number of aromatic nitrogens is 2. The molecule has 1 aliphatic rings. The number of piperidine rings is 1. The minimum atomic E-state index is 0.0328. The van der Waals surface area contributed by atoms with Crippen LogP contribution < -0.4 is 11.1 Å². The van der Waals surface area contributed by atoms with Gasteiger partial charge in [0.15, 0.2) is 0 Å². The summed E-state index contributed by atoms with van der Waals surface area (Å²) in [4.78, 5) is 8.32. The average molecular weight is 178 g/mol. The van der Waals surface area contributed by atoms with Crippen LogP contribution in [0.5, 0.6) is 0 Å². The molecule has 0 radical (unpaired) electrons. The molecule has 2 heterocycles. The van der Waals surface area contributed by atoms with E-state index in [1.165, 1.54) is 0 Å². The van der Waals surface area contributed by atoms with Crippen molar-refractivity contribution >= 4 is 0 Å². The number of nitrogens with zero attached hydrogens (tertiary/aromatic N) is 2. The highest BCUT2D eigenvalue weighted by molar-refractivity contribution is 5.07. The van der Waals surface area contributed by atoms with Gasteiger partial charge in [-0.25, -0.2) is 0 Å². The molecule has 0 amide bonds. The van der Waals surface area contributed by atoms with Gasteiger partial charge in [-0.1, -0.05) is 0 Å². The van der Waals surface area contributed by atoms with Crippen LogP contribution in [0.2, 0.25) is 0 Å². The molecule has 0 aromatic carbocycles. The van der Waals surface area contributed by atoms with Crippen LogP contribution in [0.3, 0.4) is 0 Å². The number of nitrogens with one attached hydrogen (secondary N) is 1. The molecule has 1 fully saturated rings. The van der Waals surface area contributed by atoms with Crippen LogP contribution in [-0.2, 0) is 0 Å². The molecule has 0 aliphatic carbocycles. The van der Waals surface area contributed by atoms with Crippen molar-refractivity contribution in [3.63, 3.8) is 0 Å². The first kappa shape index (κ1) is 8.59. The van der Waals surface area contributed by atoms with Crippen molar-refractivity contribution in [3.05, 3.63) is 24.3 Å². The summed E-state index contributed by atoms with van der Waals surface area (Å²) in [5, 5.41) is 3.24. The van der Waals surface area contributed by atoms with Crippen LogP contribution in [0.1, 0.15) is 24.5 Å². The summed E-state index contributed by atoms with van der Waals surface area (Å²) in [5.41, 5.74) is 6.93. The monoisotopic (exact) mass is 178 g/mol. The fraction of sp³-hybridized carbons (Fsp3) is 0.556. The Morgan fingerprint density at radius 2 is 2.38 bits per heavy atom. The maximum Gasteiger partial charge on any atom is 0.0646 e. The Kier molecular flexibility index (Phi) is 2.52. The summed E-state index contributed by atoms with van der Waals surface area (Å²) in [5.74, 6) is 0.322. The van der Waals surface area contributed by atoms with Crippen LogP contribution in [0, 0.1) is 0 Å². The van der Waals surface area contributed by atoms with Crippen LogP contribution in [0.25, 0.3) is 0 Å². The molecule has 3 N–H and O–H groups in total. The SMILES string of the molecule is NC1NCCCC1c1cnccn1. The molecule has 2 rings (SSSR count). The lowest BCUT2D eigenvalue weighted by molar-refractivity contribution is 0.352. The van der Waals surface area contributed by atoms with Gasteiger partial charge in [0, 0.05) is 24.5 Å². The van der Waals surface area contributed by atoms with Crippen molar-refractivity contribution in [2.24, 2.45) is 5.73 Å². The Morgan fingerprint density at radius 1 is 1.46 bits per heavy atom. The van der Waals surface area contributed by atoms with Crippen molar-refractivity contribution < 1.29 is 0 Å². The van der Waals surface area contributed by atoms with Crippen molar-refractivity contribution in [2.45, 2.75) is 24.9 Å². The van der Waals surface area contributed by atoms with Gasteiger partial charge in [-0.05, 0) is 19.4 Å². The standard InChI is InChI=1S/C9H14N4/c10-9-7(2-1-3-13-9)8-6-11-4-5-12-8/h4-7,9,13H,1-3,10H2. The van der Waals surface area contributed by atoms with E-state index >= 15 is 0 Å². The smallest absolute Gasteiger partial charge is 0.0646 e. The van der Waals surface area contributed by atoms with E-state index in [2.05, 4.69) is 15.3 Å². The fourth-order valence-electron chi connectivity index (χ4n) is 1.75. The molecule has 0 saturated carbocycles. The molecule has 1 saturated heterocycles. The molecule has 2 atom stereocenters. The topological polar surface area (TPSA) is 63.8 Å². The Bertz CT molecular complexity index is 262. The number of rotatable bonds is 1. The Hall–Kier alpha value is -1.00. The summed E-state index contributed by atoms with van der Waals surface area (Å²) in [6.07, 6.45) is 7.51. The van der Waals surface area contributed by atoms with E-state index in [9.17, 15) is 0 Å². The summed E-state index contributed by atoms with van der Waals surface area (Å²) in [6, 6.07) is 0.